The van der Waals surface area contributed by atoms with Gasteiger partial charge in [-0.15, -0.1) is 0 Å². The van der Waals surface area contributed by atoms with Crippen LogP contribution in [0.5, 0.6) is 0 Å². The Balaban J connectivity index is 1.90. The molecule has 1 saturated heterocycles. The van der Waals surface area contributed by atoms with Crippen LogP contribution in [0.2, 0.25) is 5.28 Å². The highest BCUT2D eigenvalue weighted by molar-refractivity contribution is 6.28. The molecule has 1 aliphatic rings. The Bertz CT molecular complexity index is 412. The molecule has 6 nitrogen and oxygen atoms in total. The second-order valence-electron chi connectivity index (χ2n) is 4.99. The van der Waals surface area contributed by atoms with Crippen molar-refractivity contribution in [3.63, 3.8) is 0 Å². The van der Waals surface area contributed by atoms with Crippen LogP contribution < -0.4 is 10.2 Å². The molecule has 0 radical (unpaired) electrons. The zero-order valence-corrected chi connectivity index (χ0v) is 12.4. The lowest BCUT2D eigenvalue weighted by Crippen LogP contribution is -2.31. The lowest BCUT2D eigenvalue weighted by molar-refractivity contribution is 0.283. The third kappa shape index (κ3) is 4.76. The van der Waals surface area contributed by atoms with Crippen LogP contribution in [0.15, 0.2) is 0 Å². The Morgan fingerprint density at radius 1 is 1.05 bits per heavy atom. The summed E-state index contributed by atoms with van der Waals surface area (Å²) in [4.78, 5) is 14.9. The zero-order valence-electron chi connectivity index (χ0n) is 11.7. The van der Waals surface area contributed by atoms with Crippen LogP contribution in [0.1, 0.15) is 38.5 Å². The van der Waals surface area contributed by atoms with Crippen molar-refractivity contribution < 1.29 is 5.11 Å². The predicted octanol–water partition coefficient (Wildman–Crippen LogP) is 2.09. The summed E-state index contributed by atoms with van der Waals surface area (Å²) in [7, 11) is 0. The Hall–Kier alpha value is -1.14. The van der Waals surface area contributed by atoms with Gasteiger partial charge in [0, 0.05) is 26.2 Å². The van der Waals surface area contributed by atoms with E-state index in [0.717, 1.165) is 38.9 Å². The summed E-state index contributed by atoms with van der Waals surface area (Å²) in [5.41, 5.74) is 0. The fourth-order valence-electron chi connectivity index (χ4n) is 2.27. The van der Waals surface area contributed by atoms with Crippen LogP contribution in [0.25, 0.3) is 0 Å². The summed E-state index contributed by atoms with van der Waals surface area (Å²) < 4.78 is 0. The molecule has 1 fully saturated rings. The van der Waals surface area contributed by atoms with Gasteiger partial charge >= 0.3 is 0 Å². The number of halogens is 1. The van der Waals surface area contributed by atoms with E-state index >= 15 is 0 Å². The van der Waals surface area contributed by atoms with Gasteiger partial charge in [-0.25, -0.2) is 0 Å². The molecule has 0 spiro atoms. The summed E-state index contributed by atoms with van der Waals surface area (Å²) in [5.74, 6) is 1.21. The van der Waals surface area contributed by atoms with E-state index in [9.17, 15) is 0 Å². The summed E-state index contributed by atoms with van der Waals surface area (Å²) in [6, 6.07) is 0. The molecule has 1 aromatic heterocycles. The zero-order chi connectivity index (χ0) is 14.2. The molecule has 0 aliphatic carbocycles. The average molecular weight is 300 g/mol. The van der Waals surface area contributed by atoms with E-state index in [1.807, 2.05) is 0 Å². The van der Waals surface area contributed by atoms with E-state index in [1.54, 1.807) is 0 Å². The highest BCUT2D eigenvalue weighted by Gasteiger charge is 2.15. The molecular weight excluding hydrogens is 278 g/mol. The largest absolute Gasteiger partial charge is 0.396 e. The summed E-state index contributed by atoms with van der Waals surface area (Å²) in [6.07, 6.45) is 6.41. The van der Waals surface area contributed by atoms with Gasteiger partial charge in [-0.05, 0) is 50.1 Å². The Labute approximate surface area is 124 Å². The molecule has 1 aliphatic heterocycles. The first-order valence-electron chi connectivity index (χ1n) is 7.31. The number of aliphatic hydroxyl groups excluding tert-OH is 1. The Kier molecular flexibility index (Phi) is 6.26. The van der Waals surface area contributed by atoms with Gasteiger partial charge in [-0.3, -0.25) is 0 Å². The van der Waals surface area contributed by atoms with Gasteiger partial charge < -0.3 is 15.3 Å². The van der Waals surface area contributed by atoms with Gasteiger partial charge in [0.2, 0.25) is 17.2 Å². The van der Waals surface area contributed by atoms with Crippen molar-refractivity contribution in [3.8, 4) is 0 Å². The van der Waals surface area contributed by atoms with Gasteiger partial charge in [0.1, 0.15) is 0 Å². The fourth-order valence-corrected chi connectivity index (χ4v) is 2.42. The molecule has 20 heavy (non-hydrogen) atoms. The van der Waals surface area contributed by atoms with Crippen LogP contribution in [-0.4, -0.2) is 46.3 Å². The molecule has 0 amide bonds. The molecule has 0 aromatic carbocycles. The third-order valence-corrected chi connectivity index (χ3v) is 3.52. The van der Waals surface area contributed by atoms with Gasteiger partial charge in [-0.1, -0.05) is 0 Å². The number of nitrogens with zero attached hydrogens (tertiary/aromatic N) is 4. The molecule has 2 heterocycles. The van der Waals surface area contributed by atoms with Gasteiger partial charge in [0.25, 0.3) is 0 Å². The van der Waals surface area contributed by atoms with Crippen molar-refractivity contribution in [1.29, 1.82) is 0 Å². The smallest absolute Gasteiger partial charge is 0.231 e. The van der Waals surface area contributed by atoms with E-state index < -0.39 is 0 Å². The standard InChI is InChI=1S/C13H22ClN5O/c14-11-16-12(15-7-3-1-6-10-20)18-13(17-11)19-8-4-2-5-9-19/h20H,1-10H2,(H,15,16,17,18). The number of hydrogen-bond donors (Lipinski definition) is 2. The fraction of sp³-hybridized carbons (Fsp3) is 0.769. The van der Waals surface area contributed by atoms with E-state index in [4.69, 9.17) is 16.7 Å². The lowest BCUT2D eigenvalue weighted by atomic mass is 10.1. The van der Waals surface area contributed by atoms with Crippen LogP contribution in [0, 0.1) is 0 Å². The minimum Gasteiger partial charge on any atom is -0.396 e. The minimum atomic E-state index is 0.235. The molecule has 2 rings (SSSR count). The summed E-state index contributed by atoms with van der Waals surface area (Å²) in [5, 5.41) is 12.1. The number of piperidine rings is 1. The molecule has 0 unspecified atom stereocenters. The Morgan fingerprint density at radius 2 is 1.85 bits per heavy atom. The van der Waals surface area contributed by atoms with Crippen LogP contribution in [0.3, 0.4) is 0 Å². The van der Waals surface area contributed by atoms with Crippen molar-refractivity contribution in [2.45, 2.75) is 38.5 Å². The first kappa shape index (κ1) is 15.3. The molecule has 7 heteroatoms. The van der Waals surface area contributed by atoms with Gasteiger partial charge in [0.05, 0.1) is 0 Å². The second-order valence-corrected chi connectivity index (χ2v) is 5.32. The number of aromatic nitrogens is 3. The molecule has 0 atom stereocenters. The Morgan fingerprint density at radius 3 is 2.60 bits per heavy atom. The first-order chi connectivity index (χ1) is 9.79. The molecule has 0 bridgehead atoms. The summed E-state index contributed by atoms with van der Waals surface area (Å²) >= 11 is 5.97. The van der Waals surface area contributed by atoms with Crippen molar-refractivity contribution in [1.82, 2.24) is 15.0 Å². The van der Waals surface area contributed by atoms with Crippen LogP contribution in [0.4, 0.5) is 11.9 Å². The molecule has 1 aromatic rings. The number of unbranched alkanes of at least 4 members (excludes halogenated alkanes) is 2. The average Bonchev–Trinajstić information content (AvgIpc) is 2.47. The SMILES string of the molecule is OCCCCCNc1nc(Cl)nc(N2CCCCC2)n1. The molecule has 112 valence electrons. The van der Waals surface area contributed by atoms with Crippen molar-refractivity contribution in [3.05, 3.63) is 5.28 Å². The topological polar surface area (TPSA) is 74.2 Å². The molecule has 0 saturated carbocycles. The van der Waals surface area contributed by atoms with Crippen molar-refractivity contribution in [2.75, 3.05) is 36.5 Å². The van der Waals surface area contributed by atoms with Crippen molar-refractivity contribution >= 4 is 23.5 Å². The van der Waals surface area contributed by atoms with E-state index in [2.05, 4.69) is 25.2 Å². The van der Waals surface area contributed by atoms with E-state index in [-0.39, 0.29) is 11.9 Å². The minimum absolute atomic E-state index is 0.235. The predicted molar refractivity (Wildman–Crippen MR) is 80.3 cm³/mol. The number of anilines is 2. The highest BCUT2D eigenvalue weighted by atomic mass is 35.5. The second kappa shape index (κ2) is 8.21. The third-order valence-electron chi connectivity index (χ3n) is 3.35. The monoisotopic (exact) mass is 299 g/mol. The number of rotatable bonds is 7. The quantitative estimate of drug-likeness (QED) is 0.751. The van der Waals surface area contributed by atoms with E-state index in [1.165, 1.54) is 19.3 Å². The van der Waals surface area contributed by atoms with Gasteiger partial charge in [0.15, 0.2) is 0 Å². The number of hydrogen-bond acceptors (Lipinski definition) is 6. The number of nitrogens with one attached hydrogen (secondary N) is 1. The van der Waals surface area contributed by atoms with Crippen molar-refractivity contribution in [2.24, 2.45) is 0 Å². The molecule has 2 N–H and O–H groups in total. The first-order valence-corrected chi connectivity index (χ1v) is 7.68. The van der Waals surface area contributed by atoms with E-state index in [0.29, 0.717) is 11.9 Å². The molecular formula is C13H22ClN5O. The normalized spacial score (nSPS) is 15.4. The lowest BCUT2D eigenvalue weighted by Gasteiger charge is -2.26. The highest BCUT2D eigenvalue weighted by Crippen LogP contribution is 2.18. The maximum absolute atomic E-state index is 8.72. The maximum atomic E-state index is 8.72. The maximum Gasteiger partial charge on any atom is 0.231 e. The van der Waals surface area contributed by atoms with Crippen LogP contribution in [-0.2, 0) is 0 Å². The number of aliphatic hydroxyl groups is 1. The van der Waals surface area contributed by atoms with Crippen LogP contribution >= 0.6 is 11.6 Å². The summed E-state index contributed by atoms with van der Waals surface area (Å²) in [6.45, 7) is 2.99. The van der Waals surface area contributed by atoms with Gasteiger partial charge in [-0.2, -0.15) is 15.0 Å².